The highest BCUT2D eigenvalue weighted by Gasteiger charge is 2.36. The lowest BCUT2D eigenvalue weighted by Crippen LogP contribution is -2.55. The minimum absolute atomic E-state index is 0.0267. The Kier molecular flexibility index (Phi) is 6.50. The van der Waals surface area contributed by atoms with E-state index in [9.17, 15) is 18.3 Å². The van der Waals surface area contributed by atoms with Crippen LogP contribution in [0.15, 0.2) is 36.1 Å². The molecule has 0 spiro atoms. The van der Waals surface area contributed by atoms with Gasteiger partial charge in [0.05, 0.1) is 36.0 Å². The highest BCUT2D eigenvalue weighted by molar-refractivity contribution is 7.92. The first-order valence-electron chi connectivity index (χ1n) is 10.4. The van der Waals surface area contributed by atoms with Crippen LogP contribution < -0.4 is 9.62 Å². The van der Waals surface area contributed by atoms with Gasteiger partial charge in [-0.3, -0.25) is 19.5 Å². The standard InChI is InChI=1S/C21H26N6O4S2/c1-26(19(28)10-15-12-32-20(24-15)25-33(2,30)31)13-21(29)6-3-9-27(14-21)18-5-8-23-17-4-7-22-11-16(17)18/h4-5,7-8,11-12,29H,3,6,9-10,13-14H2,1-2H3,(H,24,25)/t21-/m1/s1. The van der Waals surface area contributed by atoms with Crippen molar-refractivity contribution in [2.75, 3.05) is 42.6 Å². The third kappa shape index (κ3) is 5.75. The number of likely N-dealkylation sites (N-methyl/N-ethyl adjacent to an activating group) is 1. The molecular weight excluding hydrogens is 464 g/mol. The molecule has 3 aromatic rings. The van der Waals surface area contributed by atoms with Crippen molar-refractivity contribution in [1.29, 1.82) is 0 Å². The van der Waals surface area contributed by atoms with Gasteiger partial charge in [0, 0.05) is 55.2 Å². The van der Waals surface area contributed by atoms with Crippen LogP contribution in [0.5, 0.6) is 0 Å². The monoisotopic (exact) mass is 490 g/mol. The molecule has 3 aromatic heterocycles. The summed E-state index contributed by atoms with van der Waals surface area (Å²) < 4.78 is 25.0. The van der Waals surface area contributed by atoms with Gasteiger partial charge in [-0.05, 0) is 25.0 Å². The lowest BCUT2D eigenvalue weighted by Gasteiger charge is -2.42. The van der Waals surface area contributed by atoms with Crippen LogP contribution in [0.3, 0.4) is 0 Å². The van der Waals surface area contributed by atoms with Crippen molar-refractivity contribution in [1.82, 2.24) is 19.9 Å². The van der Waals surface area contributed by atoms with E-state index in [4.69, 9.17) is 0 Å². The van der Waals surface area contributed by atoms with Gasteiger partial charge >= 0.3 is 0 Å². The van der Waals surface area contributed by atoms with Crippen molar-refractivity contribution in [3.8, 4) is 0 Å². The molecule has 1 aliphatic heterocycles. The van der Waals surface area contributed by atoms with Gasteiger partial charge in [0.1, 0.15) is 0 Å². The predicted molar refractivity (Wildman–Crippen MR) is 128 cm³/mol. The number of amides is 1. The Morgan fingerprint density at radius 2 is 2.18 bits per heavy atom. The number of fused-ring (bicyclic) bond motifs is 1. The van der Waals surface area contributed by atoms with E-state index in [-0.39, 0.29) is 24.0 Å². The number of carbonyl (C=O) groups excluding carboxylic acids is 1. The van der Waals surface area contributed by atoms with Crippen LogP contribution in [0.1, 0.15) is 18.5 Å². The summed E-state index contributed by atoms with van der Waals surface area (Å²) >= 11 is 1.13. The number of nitrogens with one attached hydrogen (secondary N) is 1. The van der Waals surface area contributed by atoms with Crippen molar-refractivity contribution in [3.05, 3.63) is 41.8 Å². The van der Waals surface area contributed by atoms with Crippen molar-refractivity contribution >= 4 is 49.0 Å². The summed E-state index contributed by atoms with van der Waals surface area (Å²) in [6, 6.07) is 3.78. The molecule has 1 atom stereocenters. The molecule has 0 unspecified atom stereocenters. The third-order valence-corrected chi connectivity index (χ3v) is 7.03. The molecule has 0 radical (unpaired) electrons. The maximum absolute atomic E-state index is 12.8. The van der Waals surface area contributed by atoms with Gasteiger partial charge in [-0.25, -0.2) is 13.4 Å². The average Bonchev–Trinajstić information content (AvgIpc) is 3.17. The topological polar surface area (TPSA) is 129 Å². The van der Waals surface area contributed by atoms with Gasteiger partial charge in [0.15, 0.2) is 5.13 Å². The minimum atomic E-state index is -3.42. The van der Waals surface area contributed by atoms with Crippen LogP contribution in [0.4, 0.5) is 10.8 Å². The number of aromatic nitrogens is 3. The van der Waals surface area contributed by atoms with Crippen molar-refractivity contribution in [2.24, 2.45) is 0 Å². The Hall–Kier alpha value is -2.83. The molecule has 176 valence electrons. The number of hydrogen-bond donors (Lipinski definition) is 2. The molecule has 4 heterocycles. The van der Waals surface area contributed by atoms with Crippen molar-refractivity contribution in [3.63, 3.8) is 0 Å². The zero-order chi connectivity index (χ0) is 23.6. The number of nitrogens with zero attached hydrogens (tertiary/aromatic N) is 5. The van der Waals surface area contributed by atoms with Gasteiger partial charge in [-0.1, -0.05) is 0 Å². The lowest BCUT2D eigenvalue weighted by atomic mass is 9.91. The molecule has 1 saturated heterocycles. The molecular formula is C21H26N6O4S2. The van der Waals surface area contributed by atoms with E-state index >= 15 is 0 Å². The highest BCUT2D eigenvalue weighted by Crippen LogP contribution is 2.31. The van der Waals surface area contributed by atoms with E-state index in [1.54, 1.807) is 31.0 Å². The molecule has 0 aliphatic carbocycles. The number of aliphatic hydroxyl groups is 1. The summed E-state index contributed by atoms with van der Waals surface area (Å²) in [7, 11) is -1.76. The number of hydrogen-bond acceptors (Lipinski definition) is 9. The maximum atomic E-state index is 12.8. The highest BCUT2D eigenvalue weighted by atomic mass is 32.2. The number of thiazole rings is 1. The Morgan fingerprint density at radius 3 is 2.97 bits per heavy atom. The molecule has 1 fully saturated rings. The third-order valence-electron chi connectivity index (χ3n) is 5.53. The summed E-state index contributed by atoms with van der Waals surface area (Å²) in [6.07, 6.45) is 7.68. The Balaban J connectivity index is 1.42. The first-order valence-corrected chi connectivity index (χ1v) is 13.2. The fourth-order valence-corrected chi connectivity index (χ4v) is 5.67. The van der Waals surface area contributed by atoms with Crippen LogP contribution in [-0.2, 0) is 21.2 Å². The van der Waals surface area contributed by atoms with Gasteiger partial charge in [-0.15, -0.1) is 11.3 Å². The predicted octanol–water partition coefficient (Wildman–Crippen LogP) is 1.49. The van der Waals surface area contributed by atoms with Gasteiger partial charge in [-0.2, -0.15) is 0 Å². The molecule has 12 heteroatoms. The van der Waals surface area contributed by atoms with E-state index in [1.165, 1.54) is 4.90 Å². The maximum Gasteiger partial charge on any atom is 0.231 e. The second kappa shape index (κ2) is 9.20. The summed E-state index contributed by atoms with van der Waals surface area (Å²) in [4.78, 5) is 29.1. The Morgan fingerprint density at radius 1 is 1.36 bits per heavy atom. The number of pyridine rings is 2. The Labute approximate surface area is 196 Å². The number of rotatable bonds is 7. The zero-order valence-electron chi connectivity index (χ0n) is 18.4. The molecule has 33 heavy (non-hydrogen) atoms. The van der Waals surface area contributed by atoms with Gasteiger partial charge < -0.3 is 14.9 Å². The minimum Gasteiger partial charge on any atom is -0.386 e. The number of sulfonamides is 1. The van der Waals surface area contributed by atoms with Crippen molar-refractivity contribution in [2.45, 2.75) is 24.9 Å². The van der Waals surface area contributed by atoms with Crippen LogP contribution in [0.25, 0.3) is 10.9 Å². The quantitative estimate of drug-likeness (QED) is 0.510. The Bertz CT molecular complexity index is 1260. The average molecular weight is 491 g/mol. The molecule has 1 aliphatic rings. The van der Waals surface area contributed by atoms with Crippen LogP contribution in [-0.4, -0.2) is 77.8 Å². The van der Waals surface area contributed by atoms with Crippen LogP contribution >= 0.6 is 11.3 Å². The summed E-state index contributed by atoms with van der Waals surface area (Å²) in [5, 5.41) is 14.1. The van der Waals surface area contributed by atoms with Gasteiger partial charge in [0.2, 0.25) is 15.9 Å². The van der Waals surface area contributed by atoms with Crippen molar-refractivity contribution < 1.29 is 18.3 Å². The molecule has 10 nitrogen and oxygen atoms in total. The molecule has 2 N–H and O–H groups in total. The number of anilines is 2. The number of β-amino-alcohol motifs (C(OH)–C–C–N with tert-alkyl or cyclic N) is 1. The summed E-state index contributed by atoms with van der Waals surface area (Å²) in [5.41, 5.74) is 1.23. The normalized spacial score (nSPS) is 18.9. The smallest absolute Gasteiger partial charge is 0.231 e. The van der Waals surface area contributed by atoms with E-state index < -0.39 is 15.6 Å². The molecule has 4 rings (SSSR count). The van der Waals surface area contributed by atoms with Gasteiger partial charge in [0.25, 0.3) is 0 Å². The number of piperidine rings is 1. The van der Waals surface area contributed by atoms with E-state index in [0.717, 1.165) is 47.1 Å². The second-order valence-electron chi connectivity index (χ2n) is 8.42. The molecule has 0 saturated carbocycles. The fraction of sp³-hybridized carbons (Fsp3) is 0.429. The van der Waals surface area contributed by atoms with Crippen LogP contribution in [0.2, 0.25) is 0 Å². The zero-order valence-corrected chi connectivity index (χ0v) is 20.1. The SMILES string of the molecule is CN(C[C@]1(O)CCCN(c2ccnc3ccncc23)C1)C(=O)Cc1csc(NS(C)(=O)=O)n1. The lowest BCUT2D eigenvalue weighted by molar-refractivity contribution is -0.132. The van der Waals surface area contributed by atoms with E-state index in [1.807, 2.05) is 12.1 Å². The molecule has 1 amide bonds. The molecule has 0 aromatic carbocycles. The summed E-state index contributed by atoms with van der Waals surface area (Å²) in [6.45, 7) is 1.36. The van der Waals surface area contributed by atoms with E-state index in [2.05, 4.69) is 24.6 Å². The first-order chi connectivity index (χ1) is 15.6. The number of carbonyl (C=O) groups is 1. The first kappa shape index (κ1) is 23.3. The van der Waals surface area contributed by atoms with Crippen LogP contribution in [0, 0.1) is 0 Å². The molecule has 0 bridgehead atoms. The largest absolute Gasteiger partial charge is 0.386 e. The summed E-state index contributed by atoms with van der Waals surface area (Å²) in [5.74, 6) is -0.199. The van der Waals surface area contributed by atoms with E-state index in [0.29, 0.717) is 18.7 Å². The second-order valence-corrected chi connectivity index (χ2v) is 11.0. The fourth-order valence-electron chi connectivity index (χ4n) is 4.11.